The third kappa shape index (κ3) is 3.64. The van der Waals surface area contributed by atoms with Gasteiger partial charge in [0.05, 0.1) is 17.9 Å². The van der Waals surface area contributed by atoms with Crippen molar-refractivity contribution in [1.29, 1.82) is 0 Å². The van der Waals surface area contributed by atoms with E-state index in [-0.39, 0.29) is 0 Å². The Hall–Kier alpha value is -1.82. The maximum Gasteiger partial charge on any atom is 0.340 e. The average molecular weight is 292 g/mol. The molecule has 116 valence electrons. The Kier molecular flexibility index (Phi) is 5.01. The first kappa shape index (κ1) is 15.6. The number of hydrogen-bond acceptors (Lipinski definition) is 6. The number of likely N-dealkylation sites (tertiary alicyclic amines) is 1. The van der Waals surface area contributed by atoms with Crippen LogP contribution < -0.4 is 11.1 Å². The van der Waals surface area contributed by atoms with Crippen LogP contribution in [0, 0.1) is 0 Å². The van der Waals surface area contributed by atoms with Gasteiger partial charge in [-0.3, -0.25) is 0 Å². The largest absolute Gasteiger partial charge is 0.462 e. The molecule has 0 spiro atoms. The summed E-state index contributed by atoms with van der Waals surface area (Å²) in [5.74, 6) is 0.166. The number of ether oxygens (including phenoxy) is 1. The first-order valence-electron chi connectivity index (χ1n) is 7.41. The van der Waals surface area contributed by atoms with E-state index >= 15 is 0 Å². The molecule has 2 rings (SSSR count). The second kappa shape index (κ2) is 6.76. The van der Waals surface area contributed by atoms with Crippen LogP contribution in [0.4, 0.5) is 11.5 Å². The summed E-state index contributed by atoms with van der Waals surface area (Å²) in [6.45, 7) is 5.35. The van der Waals surface area contributed by atoms with Crippen molar-refractivity contribution in [3.8, 4) is 0 Å². The second-order valence-corrected chi connectivity index (χ2v) is 5.54. The number of aromatic nitrogens is 1. The third-order valence-corrected chi connectivity index (χ3v) is 4.03. The number of carbonyl (C=O) groups excluding carboxylic acids is 1. The number of anilines is 2. The fourth-order valence-electron chi connectivity index (χ4n) is 2.59. The standard InChI is InChI=1S/C15H24N4O2/c1-4-21-15(20)12-5-7-17-14(13(12)16)18-11-6-8-19(3)10(2)9-11/h5,7,10-11H,4,6,8-9,16H2,1-3H3,(H,17,18). The van der Waals surface area contributed by atoms with Gasteiger partial charge in [0.15, 0.2) is 0 Å². The number of nitrogens with one attached hydrogen (secondary N) is 1. The molecule has 0 radical (unpaired) electrons. The molecule has 1 aromatic rings. The molecular formula is C15H24N4O2. The molecule has 3 N–H and O–H groups in total. The molecule has 6 nitrogen and oxygen atoms in total. The molecule has 1 aromatic heterocycles. The highest BCUT2D eigenvalue weighted by Gasteiger charge is 2.24. The predicted octanol–water partition coefficient (Wildman–Crippen LogP) is 1.74. The van der Waals surface area contributed by atoms with Crippen LogP contribution in [0.25, 0.3) is 0 Å². The van der Waals surface area contributed by atoms with Crippen molar-refractivity contribution in [3.63, 3.8) is 0 Å². The lowest BCUT2D eigenvalue weighted by Crippen LogP contribution is -2.42. The van der Waals surface area contributed by atoms with E-state index in [1.54, 1.807) is 19.2 Å². The van der Waals surface area contributed by atoms with Crippen molar-refractivity contribution in [2.45, 2.75) is 38.8 Å². The van der Waals surface area contributed by atoms with Gasteiger partial charge in [0.25, 0.3) is 0 Å². The van der Waals surface area contributed by atoms with Gasteiger partial charge in [0.2, 0.25) is 0 Å². The molecule has 0 saturated carbocycles. The van der Waals surface area contributed by atoms with Crippen LogP contribution in [0.5, 0.6) is 0 Å². The maximum atomic E-state index is 11.8. The molecule has 0 amide bonds. The average Bonchev–Trinajstić information content (AvgIpc) is 2.45. The van der Waals surface area contributed by atoms with Gasteiger partial charge < -0.3 is 20.7 Å². The van der Waals surface area contributed by atoms with Gasteiger partial charge in [-0.1, -0.05) is 0 Å². The van der Waals surface area contributed by atoms with Crippen LogP contribution in [0.15, 0.2) is 12.3 Å². The topological polar surface area (TPSA) is 80.5 Å². The van der Waals surface area contributed by atoms with Crippen LogP contribution >= 0.6 is 0 Å². The van der Waals surface area contributed by atoms with Crippen molar-refractivity contribution in [2.75, 3.05) is 31.2 Å². The summed E-state index contributed by atoms with van der Waals surface area (Å²) in [6.07, 6.45) is 3.65. The van der Waals surface area contributed by atoms with Crippen LogP contribution in [-0.2, 0) is 4.74 Å². The van der Waals surface area contributed by atoms with E-state index in [4.69, 9.17) is 10.5 Å². The number of nitrogens with two attached hydrogens (primary N) is 1. The molecule has 0 aromatic carbocycles. The van der Waals surface area contributed by atoms with Gasteiger partial charge in [-0.2, -0.15) is 0 Å². The van der Waals surface area contributed by atoms with Crippen LogP contribution in [0.1, 0.15) is 37.0 Å². The summed E-state index contributed by atoms with van der Waals surface area (Å²) >= 11 is 0. The van der Waals surface area contributed by atoms with Crippen molar-refractivity contribution >= 4 is 17.5 Å². The highest BCUT2D eigenvalue weighted by atomic mass is 16.5. The number of esters is 1. The molecular weight excluding hydrogens is 268 g/mol. The van der Waals surface area contributed by atoms with Crippen molar-refractivity contribution in [1.82, 2.24) is 9.88 Å². The van der Waals surface area contributed by atoms with E-state index < -0.39 is 5.97 Å². The summed E-state index contributed by atoms with van der Waals surface area (Å²) < 4.78 is 5.00. The number of rotatable bonds is 4. The Morgan fingerprint density at radius 3 is 3.05 bits per heavy atom. The summed E-state index contributed by atoms with van der Waals surface area (Å²) in [6, 6.07) is 2.43. The molecule has 0 bridgehead atoms. The first-order chi connectivity index (χ1) is 10.0. The van der Waals surface area contributed by atoms with Gasteiger partial charge in [-0.25, -0.2) is 9.78 Å². The number of nitrogen functional groups attached to an aromatic ring is 1. The fraction of sp³-hybridized carbons (Fsp3) is 0.600. The lowest BCUT2D eigenvalue weighted by Gasteiger charge is -2.35. The maximum absolute atomic E-state index is 11.8. The molecule has 0 aliphatic carbocycles. The number of piperidine rings is 1. The molecule has 1 aliphatic heterocycles. The van der Waals surface area contributed by atoms with Gasteiger partial charge >= 0.3 is 5.97 Å². The minimum atomic E-state index is -0.405. The number of nitrogens with zero attached hydrogens (tertiary/aromatic N) is 2. The van der Waals surface area contributed by atoms with E-state index in [9.17, 15) is 4.79 Å². The highest BCUT2D eigenvalue weighted by molar-refractivity contribution is 5.97. The Morgan fingerprint density at radius 2 is 2.38 bits per heavy atom. The molecule has 2 atom stereocenters. The molecule has 1 aliphatic rings. The monoisotopic (exact) mass is 292 g/mol. The van der Waals surface area contributed by atoms with Crippen LogP contribution in [0.3, 0.4) is 0 Å². The Balaban J connectivity index is 2.10. The lowest BCUT2D eigenvalue weighted by atomic mass is 9.99. The summed E-state index contributed by atoms with van der Waals surface area (Å²) in [4.78, 5) is 18.4. The minimum Gasteiger partial charge on any atom is -0.462 e. The van der Waals surface area contributed by atoms with Gasteiger partial charge in [0.1, 0.15) is 5.82 Å². The molecule has 1 fully saturated rings. The predicted molar refractivity (Wildman–Crippen MR) is 83.3 cm³/mol. The van der Waals surface area contributed by atoms with E-state index in [0.717, 1.165) is 19.4 Å². The Morgan fingerprint density at radius 1 is 1.62 bits per heavy atom. The van der Waals surface area contributed by atoms with Gasteiger partial charge in [-0.05, 0) is 39.8 Å². The molecule has 21 heavy (non-hydrogen) atoms. The first-order valence-corrected chi connectivity index (χ1v) is 7.41. The summed E-state index contributed by atoms with van der Waals surface area (Å²) in [7, 11) is 2.13. The van der Waals surface area contributed by atoms with Crippen LogP contribution in [0.2, 0.25) is 0 Å². The third-order valence-electron chi connectivity index (χ3n) is 4.03. The lowest BCUT2D eigenvalue weighted by molar-refractivity contribution is 0.0527. The highest BCUT2D eigenvalue weighted by Crippen LogP contribution is 2.25. The molecule has 1 saturated heterocycles. The summed E-state index contributed by atoms with van der Waals surface area (Å²) in [5, 5.41) is 3.37. The Bertz CT molecular complexity index is 506. The fourth-order valence-corrected chi connectivity index (χ4v) is 2.59. The number of hydrogen-bond donors (Lipinski definition) is 2. The van der Waals surface area contributed by atoms with Crippen molar-refractivity contribution in [3.05, 3.63) is 17.8 Å². The van der Waals surface area contributed by atoms with Crippen LogP contribution in [-0.4, -0.2) is 48.1 Å². The molecule has 6 heteroatoms. The minimum absolute atomic E-state index is 0.323. The quantitative estimate of drug-likeness (QED) is 0.823. The van der Waals surface area contributed by atoms with Gasteiger partial charge in [0, 0.05) is 24.8 Å². The molecule has 2 unspecified atom stereocenters. The normalized spacial score (nSPS) is 22.8. The van der Waals surface area contributed by atoms with E-state index in [0.29, 0.717) is 35.8 Å². The number of carbonyl (C=O) groups is 1. The SMILES string of the molecule is CCOC(=O)c1ccnc(NC2CCN(C)C(C)C2)c1N. The Labute approximate surface area is 125 Å². The zero-order valence-electron chi connectivity index (χ0n) is 12.9. The second-order valence-electron chi connectivity index (χ2n) is 5.54. The zero-order valence-corrected chi connectivity index (χ0v) is 12.9. The van der Waals surface area contributed by atoms with E-state index in [1.807, 2.05) is 0 Å². The van der Waals surface area contributed by atoms with Gasteiger partial charge in [-0.15, -0.1) is 0 Å². The summed E-state index contributed by atoms with van der Waals surface area (Å²) in [5.41, 5.74) is 6.79. The van der Waals surface area contributed by atoms with E-state index in [1.165, 1.54) is 0 Å². The zero-order chi connectivity index (χ0) is 15.4. The number of pyridine rings is 1. The molecule has 2 heterocycles. The van der Waals surface area contributed by atoms with Crippen molar-refractivity contribution < 1.29 is 9.53 Å². The van der Waals surface area contributed by atoms with Crippen molar-refractivity contribution in [2.24, 2.45) is 0 Å². The smallest absolute Gasteiger partial charge is 0.340 e. The van der Waals surface area contributed by atoms with E-state index in [2.05, 4.69) is 29.2 Å².